The van der Waals surface area contributed by atoms with Crippen LogP contribution in [0.3, 0.4) is 0 Å². The van der Waals surface area contributed by atoms with Crippen molar-refractivity contribution in [3.05, 3.63) is 12.2 Å². The summed E-state index contributed by atoms with van der Waals surface area (Å²) in [6, 6.07) is -1.44. The van der Waals surface area contributed by atoms with E-state index in [4.69, 9.17) is 5.11 Å². The molecule has 0 bridgehead atoms. The zero-order valence-corrected chi connectivity index (χ0v) is 10.4. The van der Waals surface area contributed by atoms with Crippen LogP contribution in [0.1, 0.15) is 12.2 Å². The number of rotatable bonds is 3. The molecule has 9 nitrogen and oxygen atoms in total. The van der Waals surface area contributed by atoms with E-state index in [-0.39, 0.29) is 19.5 Å². The van der Waals surface area contributed by atoms with Gasteiger partial charge < -0.3 is 20.0 Å². The Morgan fingerprint density at radius 2 is 2.37 bits per heavy atom. The minimum atomic E-state index is -1.11. The highest BCUT2D eigenvalue weighted by atomic mass is 16.4. The number of carboxylic acid groups (broad SMARTS) is 1. The van der Waals surface area contributed by atoms with Crippen molar-refractivity contribution in [1.29, 1.82) is 0 Å². The number of amides is 2. The van der Waals surface area contributed by atoms with Crippen molar-refractivity contribution in [3.8, 4) is 0 Å². The Labute approximate surface area is 108 Å². The van der Waals surface area contributed by atoms with E-state index >= 15 is 0 Å². The average molecular weight is 269 g/mol. The van der Waals surface area contributed by atoms with Gasteiger partial charge in [0.2, 0.25) is 0 Å². The number of aromatic nitrogens is 3. The number of aliphatic hydroxyl groups excluding tert-OH is 1. The van der Waals surface area contributed by atoms with E-state index in [1.807, 2.05) is 0 Å². The van der Waals surface area contributed by atoms with Gasteiger partial charge in [0.25, 0.3) is 0 Å². The van der Waals surface area contributed by atoms with E-state index < -0.39 is 24.1 Å². The maximum atomic E-state index is 12.1. The van der Waals surface area contributed by atoms with Crippen LogP contribution in [-0.4, -0.2) is 72.9 Å². The molecule has 1 fully saturated rings. The normalized spacial score (nSPS) is 22.5. The van der Waals surface area contributed by atoms with Crippen LogP contribution in [0.5, 0.6) is 0 Å². The molecule has 2 atom stereocenters. The van der Waals surface area contributed by atoms with Gasteiger partial charge in [-0.15, -0.1) is 0 Å². The maximum absolute atomic E-state index is 12.1. The maximum Gasteiger partial charge on any atom is 0.326 e. The lowest BCUT2D eigenvalue weighted by molar-refractivity contribution is -0.141. The minimum Gasteiger partial charge on any atom is -0.480 e. The fourth-order valence-electron chi connectivity index (χ4n) is 2.08. The first-order valence-electron chi connectivity index (χ1n) is 5.76. The van der Waals surface area contributed by atoms with Gasteiger partial charge in [-0.1, -0.05) is 0 Å². The Bertz CT molecular complexity index is 462. The number of hydrogen-bond donors (Lipinski definition) is 3. The summed E-state index contributed by atoms with van der Waals surface area (Å²) < 4.78 is 0. The summed E-state index contributed by atoms with van der Waals surface area (Å²) in [7, 11) is 1.54. The molecule has 2 rings (SSSR count). The summed E-state index contributed by atoms with van der Waals surface area (Å²) in [4.78, 5) is 29.6. The van der Waals surface area contributed by atoms with Gasteiger partial charge in [-0.05, 0) is 0 Å². The van der Waals surface area contributed by atoms with Crippen LogP contribution in [0.25, 0.3) is 0 Å². The van der Waals surface area contributed by atoms with Gasteiger partial charge in [-0.25, -0.2) is 14.6 Å². The molecule has 1 aromatic rings. The number of H-pyrrole nitrogens is 1. The molecule has 1 aliphatic rings. The number of aliphatic hydroxyl groups is 1. The summed E-state index contributed by atoms with van der Waals surface area (Å²) in [5.41, 5.74) is 0. The number of hydrogen-bond acceptors (Lipinski definition) is 5. The molecule has 2 amide bonds. The van der Waals surface area contributed by atoms with Crippen molar-refractivity contribution in [2.75, 3.05) is 13.6 Å². The molecular weight excluding hydrogens is 254 g/mol. The first-order valence-corrected chi connectivity index (χ1v) is 5.76. The number of aliphatic carboxylic acids is 1. The van der Waals surface area contributed by atoms with Crippen molar-refractivity contribution < 1.29 is 19.8 Å². The van der Waals surface area contributed by atoms with Gasteiger partial charge in [-0.3, -0.25) is 5.10 Å². The zero-order chi connectivity index (χ0) is 14.0. The highest BCUT2D eigenvalue weighted by molar-refractivity contribution is 5.83. The van der Waals surface area contributed by atoms with E-state index in [2.05, 4.69) is 15.2 Å². The summed E-state index contributed by atoms with van der Waals surface area (Å²) >= 11 is 0. The quantitative estimate of drug-likeness (QED) is 0.638. The van der Waals surface area contributed by atoms with E-state index in [1.54, 1.807) is 0 Å². The molecular formula is C10H15N5O4. The molecule has 0 radical (unpaired) electrons. The zero-order valence-electron chi connectivity index (χ0n) is 10.4. The molecule has 1 saturated heterocycles. The summed E-state index contributed by atoms with van der Waals surface area (Å²) in [6.45, 7) is 0.217. The molecule has 104 valence electrons. The second-order valence-corrected chi connectivity index (χ2v) is 4.47. The second-order valence-electron chi connectivity index (χ2n) is 4.47. The summed E-state index contributed by atoms with van der Waals surface area (Å²) in [6.07, 6.45) is 0.577. The lowest BCUT2D eigenvalue weighted by atomic mass is 10.2. The molecule has 0 unspecified atom stereocenters. The predicted octanol–water partition coefficient (Wildman–Crippen LogP) is -1.12. The van der Waals surface area contributed by atoms with Crippen molar-refractivity contribution in [2.24, 2.45) is 0 Å². The fraction of sp³-hybridized carbons (Fsp3) is 0.600. The standard InChI is InChI=1S/C10H15N5O4/c1-14(4-8-11-5-12-13-8)10(19)15-3-6(16)2-7(15)9(17)18/h5-7,16H,2-4H2,1H3,(H,17,18)(H,11,12,13)/t6-,7-/m1/s1. The largest absolute Gasteiger partial charge is 0.480 e. The fourth-order valence-corrected chi connectivity index (χ4v) is 2.08. The molecule has 2 heterocycles. The van der Waals surface area contributed by atoms with Crippen molar-refractivity contribution in [1.82, 2.24) is 25.0 Å². The third-order valence-electron chi connectivity index (χ3n) is 2.99. The lowest BCUT2D eigenvalue weighted by Crippen LogP contribution is -2.46. The van der Waals surface area contributed by atoms with Gasteiger partial charge in [0.15, 0.2) is 0 Å². The molecule has 0 spiro atoms. The third kappa shape index (κ3) is 2.81. The molecule has 9 heteroatoms. The molecule has 0 aromatic carbocycles. The van der Waals surface area contributed by atoms with Crippen molar-refractivity contribution in [2.45, 2.75) is 25.1 Å². The first kappa shape index (κ1) is 13.3. The number of aromatic amines is 1. The van der Waals surface area contributed by atoms with Crippen LogP contribution in [0.2, 0.25) is 0 Å². The molecule has 0 aliphatic carbocycles. The number of nitrogens with one attached hydrogen (secondary N) is 1. The SMILES string of the molecule is CN(Cc1ncn[nH]1)C(=O)N1C[C@H](O)C[C@@H]1C(=O)O. The van der Waals surface area contributed by atoms with E-state index in [0.29, 0.717) is 5.82 Å². The Kier molecular flexibility index (Phi) is 3.65. The summed E-state index contributed by atoms with van der Waals surface area (Å²) in [5.74, 6) is -0.611. The van der Waals surface area contributed by atoms with Crippen LogP contribution in [-0.2, 0) is 11.3 Å². The van der Waals surface area contributed by atoms with Gasteiger partial charge in [0, 0.05) is 20.0 Å². The van der Waals surface area contributed by atoms with Gasteiger partial charge in [0.05, 0.1) is 12.6 Å². The lowest BCUT2D eigenvalue weighted by Gasteiger charge is -2.26. The Hall–Kier alpha value is -2.16. The topological polar surface area (TPSA) is 123 Å². The number of likely N-dealkylation sites (tertiary alicyclic amines) is 1. The Balaban J connectivity index is 2.03. The molecule has 1 aromatic heterocycles. The van der Waals surface area contributed by atoms with Gasteiger partial charge >= 0.3 is 12.0 Å². The number of carbonyl (C=O) groups excluding carboxylic acids is 1. The Morgan fingerprint density at radius 1 is 1.63 bits per heavy atom. The minimum absolute atomic E-state index is 0.0243. The average Bonchev–Trinajstić information content (AvgIpc) is 2.97. The van der Waals surface area contributed by atoms with E-state index in [1.165, 1.54) is 18.3 Å². The number of β-amino-alcohol motifs (C(OH)–C–C–N with tert-alkyl or cyclic N) is 1. The molecule has 1 aliphatic heterocycles. The number of urea groups is 1. The number of nitrogens with zero attached hydrogens (tertiary/aromatic N) is 4. The van der Waals surface area contributed by atoms with Crippen LogP contribution < -0.4 is 0 Å². The highest BCUT2D eigenvalue weighted by Gasteiger charge is 2.40. The predicted molar refractivity (Wildman–Crippen MR) is 62.0 cm³/mol. The first-order chi connectivity index (χ1) is 8.99. The monoisotopic (exact) mass is 269 g/mol. The van der Waals surface area contributed by atoms with E-state index in [9.17, 15) is 14.7 Å². The van der Waals surface area contributed by atoms with Crippen LogP contribution >= 0.6 is 0 Å². The van der Waals surface area contributed by atoms with E-state index in [0.717, 1.165) is 4.90 Å². The van der Waals surface area contributed by atoms with Crippen LogP contribution in [0.4, 0.5) is 4.79 Å². The van der Waals surface area contributed by atoms with Crippen molar-refractivity contribution in [3.63, 3.8) is 0 Å². The van der Waals surface area contributed by atoms with Gasteiger partial charge in [0.1, 0.15) is 18.2 Å². The number of carbonyl (C=O) groups is 2. The number of carboxylic acids is 1. The van der Waals surface area contributed by atoms with Crippen LogP contribution in [0.15, 0.2) is 6.33 Å². The van der Waals surface area contributed by atoms with Gasteiger partial charge in [-0.2, -0.15) is 5.10 Å². The van der Waals surface area contributed by atoms with Crippen LogP contribution in [0, 0.1) is 0 Å². The Morgan fingerprint density at radius 3 is 2.95 bits per heavy atom. The highest BCUT2D eigenvalue weighted by Crippen LogP contribution is 2.20. The molecule has 19 heavy (non-hydrogen) atoms. The molecule has 0 saturated carbocycles. The third-order valence-corrected chi connectivity index (χ3v) is 2.99. The smallest absolute Gasteiger partial charge is 0.326 e. The van der Waals surface area contributed by atoms with Crippen molar-refractivity contribution >= 4 is 12.0 Å². The summed E-state index contributed by atoms with van der Waals surface area (Å²) in [5, 5.41) is 24.8. The molecule has 3 N–H and O–H groups in total. The second kappa shape index (κ2) is 5.22.